The zero-order valence-electron chi connectivity index (χ0n) is 12.4. The number of nitriles is 2. The molecule has 0 aromatic heterocycles. The lowest BCUT2D eigenvalue weighted by molar-refractivity contribution is -0.128. The summed E-state index contributed by atoms with van der Waals surface area (Å²) < 4.78 is 5.17. The second-order valence-electron chi connectivity index (χ2n) is 4.63. The minimum absolute atomic E-state index is 0.00224. The van der Waals surface area contributed by atoms with Crippen LogP contribution in [0.15, 0.2) is 60.2 Å². The van der Waals surface area contributed by atoms with E-state index >= 15 is 0 Å². The molecule has 0 atom stereocenters. The minimum Gasteiger partial charge on any atom is -0.423 e. The van der Waals surface area contributed by atoms with E-state index in [4.69, 9.17) is 26.9 Å². The Morgan fingerprint density at radius 2 is 1.71 bits per heavy atom. The summed E-state index contributed by atoms with van der Waals surface area (Å²) in [5.74, 6) is -0.177. The predicted octanol–water partition coefficient (Wildman–Crippen LogP) is 4.39. The number of esters is 1. The molecule has 0 saturated carbocycles. The van der Waals surface area contributed by atoms with Crippen molar-refractivity contribution in [3.63, 3.8) is 0 Å². The molecular weight excluding hydrogens is 324 g/mol. The molecule has 0 bridgehead atoms. The number of benzene rings is 2. The first-order chi connectivity index (χ1) is 11.6. The third-order valence-corrected chi connectivity index (χ3v) is 3.30. The van der Waals surface area contributed by atoms with Gasteiger partial charge in [-0.3, -0.25) is 0 Å². The summed E-state index contributed by atoms with van der Waals surface area (Å²) in [6.45, 7) is 0. The molecule has 2 rings (SSSR count). The number of ether oxygens (including phenoxy) is 1. The molecular formula is C19H11ClN2O2. The van der Waals surface area contributed by atoms with Gasteiger partial charge in [-0.1, -0.05) is 41.9 Å². The highest BCUT2D eigenvalue weighted by Gasteiger charge is 2.02. The second kappa shape index (κ2) is 8.33. The first kappa shape index (κ1) is 17.0. The molecule has 0 N–H and O–H groups in total. The molecule has 24 heavy (non-hydrogen) atoms. The maximum atomic E-state index is 11.8. The summed E-state index contributed by atoms with van der Waals surface area (Å²) in [7, 11) is 0. The molecule has 116 valence electrons. The molecule has 2 aromatic carbocycles. The summed E-state index contributed by atoms with van der Waals surface area (Å²) in [4.78, 5) is 11.8. The Hall–Kier alpha value is -3.34. The van der Waals surface area contributed by atoms with E-state index < -0.39 is 5.97 Å². The zero-order valence-corrected chi connectivity index (χ0v) is 13.2. The number of carbonyl (C=O) groups is 1. The molecule has 2 aromatic rings. The summed E-state index contributed by atoms with van der Waals surface area (Å²) in [6, 6.07) is 17.2. The van der Waals surface area contributed by atoms with Gasteiger partial charge >= 0.3 is 5.97 Å². The highest BCUT2D eigenvalue weighted by Crippen LogP contribution is 2.17. The van der Waals surface area contributed by atoms with Crippen LogP contribution in [0, 0.1) is 22.7 Å². The maximum absolute atomic E-state index is 11.8. The van der Waals surface area contributed by atoms with E-state index in [1.54, 1.807) is 60.7 Å². The Kier molecular flexibility index (Phi) is 5.91. The van der Waals surface area contributed by atoms with E-state index in [2.05, 4.69) is 0 Å². The van der Waals surface area contributed by atoms with E-state index in [1.807, 2.05) is 6.07 Å². The van der Waals surface area contributed by atoms with Gasteiger partial charge in [0.25, 0.3) is 0 Å². The fourth-order valence-corrected chi connectivity index (χ4v) is 2.01. The number of hydrogen-bond acceptors (Lipinski definition) is 4. The van der Waals surface area contributed by atoms with Gasteiger partial charge in [-0.25, -0.2) is 4.79 Å². The molecule has 0 unspecified atom stereocenters. The van der Waals surface area contributed by atoms with Crippen LogP contribution in [0.4, 0.5) is 0 Å². The third kappa shape index (κ3) is 4.84. The van der Waals surface area contributed by atoms with Gasteiger partial charge in [-0.05, 0) is 41.5 Å². The first-order valence-electron chi connectivity index (χ1n) is 6.89. The molecule has 0 spiro atoms. The molecule has 0 saturated heterocycles. The summed E-state index contributed by atoms with van der Waals surface area (Å²) in [6.07, 6.45) is 4.31. The van der Waals surface area contributed by atoms with E-state index in [0.29, 0.717) is 16.3 Å². The highest BCUT2D eigenvalue weighted by molar-refractivity contribution is 6.32. The van der Waals surface area contributed by atoms with Gasteiger partial charge in [0.15, 0.2) is 0 Å². The van der Waals surface area contributed by atoms with Crippen molar-refractivity contribution >= 4 is 29.7 Å². The van der Waals surface area contributed by atoms with Gasteiger partial charge < -0.3 is 4.74 Å². The normalized spacial score (nSPS) is 9.79. The third-order valence-electron chi connectivity index (χ3n) is 2.95. The average molecular weight is 335 g/mol. The van der Waals surface area contributed by atoms with Crippen LogP contribution >= 0.6 is 11.6 Å². The van der Waals surface area contributed by atoms with E-state index in [-0.39, 0.29) is 5.57 Å². The fraction of sp³-hybridized carbons (Fsp3) is 0. The Morgan fingerprint density at radius 3 is 2.33 bits per heavy atom. The SMILES string of the molecule is N#CC(C#N)=Cc1ccc(OC(=O)/C=C/c2ccccc2Cl)cc1. The van der Waals surface area contributed by atoms with Gasteiger partial charge in [0.2, 0.25) is 0 Å². The van der Waals surface area contributed by atoms with Crippen molar-refractivity contribution < 1.29 is 9.53 Å². The smallest absolute Gasteiger partial charge is 0.336 e. The average Bonchev–Trinajstić information content (AvgIpc) is 2.60. The van der Waals surface area contributed by atoms with Crippen molar-refractivity contribution in [1.29, 1.82) is 10.5 Å². The van der Waals surface area contributed by atoms with E-state index in [9.17, 15) is 4.79 Å². The zero-order chi connectivity index (χ0) is 17.4. The van der Waals surface area contributed by atoms with Gasteiger partial charge in [0, 0.05) is 11.1 Å². The molecule has 0 fully saturated rings. The molecule has 5 heteroatoms. The van der Waals surface area contributed by atoms with Crippen LogP contribution in [0.2, 0.25) is 5.02 Å². The van der Waals surface area contributed by atoms with Crippen molar-refractivity contribution in [2.24, 2.45) is 0 Å². The van der Waals surface area contributed by atoms with E-state index in [1.165, 1.54) is 12.2 Å². The number of allylic oxidation sites excluding steroid dienone is 1. The van der Waals surface area contributed by atoms with Gasteiger partial charge in [0.05, 0.1) is 0 Å². The predicted molar refractivity (Wildman–Crippen MR) is 91.8 cm³/mol. The monoisotopic (exact) mass is 334 g/mol. The molecule has 0 heterocycles. The second-order valence-corrected chi connectivity index (χ2v) is 5.03. The number of carbonyl (C=O) groups excluding carboxylic acids is 1. The lowest BCUT2D eigenvalue weighted by Gasteiger charge is -2.02. The van der Waals surface area contributed by atoms with Crippen LogP contribution < -0.4 is 4.74 Å². The topological polar surface area (TPSA) is 73.9 Å². The Bertz CT molecular complexity index is 869. The number of nitrogens with zero attached hydrogens (tertiary/aromatic N) is 2. The lowest BCUT2D eigenvalue weighted by atomic mass is 10.1. The van der Waals surface area contributed by atoms with Crippen LogP contribution in [0.5, 0.6) is 5.75 Å². The molecule has 0 radical (unpaired) electrons. The largest absolute Gasteiger partial charge is 0.423 e. The number of hydrogen-bond donors (Lipinski definition) is 0. The Balaban J connectivity index is 2.03. The number of halogens is 1. The van der Waals surface area contributed by atoms with Crippen LogP contribution in [0.3, 0.4) is 0 Å². The van der Waals surface area contributed by atoms with Gasteiger partial charge in [0.1, 0.15) is 23.5 Å². The van der Waals surface area contributed by atoms with Crippen LogP contribution in [-0.2, 0) is 4.79 Å². The molecule has 4 nitrogen and oxygen atoms in total. The highest BCUT2D eigenvalue weighted by atomic mass is 35.5. The summed E-state index contributed by atoms with van der Waals surface area (Å²) >= 11 is 6.00. The summed E-state index contributed by atoms with van der Waals surface area (Å²) in [5.41, 5.74) is 1.39. The van der Waals surface area contributed by atoms with Gasteiger partial charge in [-0.2, -0.15) is 10.5 Å². The quantitative estimate of drug-likeness (QED) is 0.360. The molecule has 0 aliphatic heterocycles. The van der Waals surface area contributed by atoms with Crippen molar-refractivity contribution in [2.45, 2.75) is 0 Å². The number of rotatable bonds is 4. The van der Waals surface area contributed by atoms with Gasteiger partial charge in [-0.15, -0.1) is 0 Å². The Labute approximate surface area is 144 Å². The van der Waals surface area contributed by atoms with Crippen LogP contribution in [0.25, 0.3) is 12.2 Å². The standard InChI is InChI=1S/C19H11ClN2O2/c20-18-4-2-1-3-16(18)7-10-19(23)24-17-8-5-14(6-9-17)11-15(12-21)13-22/h1-11H/b10-7+. The van der Waals surface area contributed by atoms with Crippen molar-refractivity contribution in [2.75, 3.05) is 0 Å². The maximum Gasteiger partial charge on any atom is 0.336 e. The summed E-state index contributed by atoms with van der Waals surface area (Å²) in [5, 5.41) is 18.0. The van der Waals surface area contributed by atoms with Crippen molar-refractivity contribution in [1.82, 2.24) is 0 Å². The lowest BCUT2D eigenvalue weighted by Crippen LogP contribution is -2.03. The molecule has 0 aliphatic carbocycles. The minimum atomic E-state index is -0.534. The fourth-order valence-electron chi connectivity index (χ4n) is 1.81. The van der Waals surface area contributed by atoms with Crippen LogP contribution in [0.1, 0.15) is 11.1 Å². The van der Waals surface area contributed by atoms with Crippen LogP contribution in [-0.4, -0.2) is 5.97 Å². The van der Waals surface area contributed by atoms with Crippen molar-refractivity contribution in [3.05, 3.63) is 76.3 Å². The first-order valence-corrected chi connectivity index (χ1v) is 7.26. The molecule has 0 amide bonds. The van der Waals surface area contributed by atoms with Crippen molar-refractivity contribution in [3.8, 4) is 17.9 Å². The Morgan fingerprint density at radius 1 is 1.04 bits per heavy atom. The molecule has 0 aliphatic rings. The van der Waals surface area contributed by atoms with E-state index in [0.717, 1.165) is 5.56 Å².